The summed E-state index contributed by atoms with van der Waals surface area (Å²) in [6.45, 7) is 1.69. The van der Waals surface area contributed by atoms with Gasteiger partial charge in [-0.25, -0.2) is 9.67 Å². The number of hydrogen-bond donors (Lipinski definition) is 2. The normalized spacial score (nSPS) is 10.6. The zero-order valence-electron chi connectivity index (χ0n) is 16.2. The van der Waals surface area contributed by atoms with Gasteiger partial charge in [-0.2, -0.15) is 5.10 Å². The van der Waals surface area contributed by atoms with E-state index in [1.165, 1.54) is 18.3 Å². The number of hydrogen-bond acceptors (Lipinski definition) is 5. The van der Waals surface area contributed by atoms with E-state index in [9.17, 15) is 9.59 Å². The number of nitrogens with zero attached hydrogens (tertiary/aromatic N) is 3. The molecule has 30 heavy (non-hydrogen) atoms. The van der Waals surface area contributed by atoms with Crippen LogP contribution in [0, 0.1) is 0 Å². The fraction of sp³-hybridized carbons (Fsp3) is 0.0909. The van der Waals surface area contributed by atoms with Crippen LogP contribution < -0.4 is 10.6 Å². The fourth-order valence-electron chi connectivity index (χ4n) is 2.94. The summed E-state index contributed by atoms with van der Waals surface area (Å²) in [5.41, 5.74) is 3.86. The van der Waals surface area contributed by atoms with Gasteiger partial charge >= 0.3 is 0 Å². The lowest BCUT2D eigenvalue weighted by Crippen LogP contribution is -2.23. The van der Waals surface area contributed by atoms with Crippen LogP contribution in [0.15, 0.2) is 72.2 Å². The molecule has 0 saturated heterocycles. The van der Waals surface area contributed by atoms with E-state index >= 15 is 0 Å². The lowest BCUT2D eigenvalue weighted by Gasteiger charge is -2.04. The summed E-state index contributed by atoms with van der Waals surface area (Å²) >= 11 is 1.21. The second kappa shape index (κ2) is 8.71. The van der Waals surface area contributed by atoms with Gasteiger partial charge in [-0.3, -0.25) is 9.59 Å². The molecule has 7 nitrogen and oxygen atoms in total. The number of carbonyl (C=O) groups is 2. The van der Waals surface area contributed by atoms with Gasteiger partial charge in [-0.15, -0.1) is 11.3 Å². The zero-order chi connectivity index (χ0) is 20.9. The van der Waals surface area contributed by atoms with E-state index in [0.717, 1.165) is 22.5 Å². The molecule has 0 atom stereocenters. The van der Waals surface area contributed by atoms with Gasteiger partial charge in [0, 0.05) is 36.2 Å². The molecule has 2 aromatic heterocycles. The molecule has 2 aromatic carbocycles. The molecule has 2 N–H and O–H groups in total. The van der Waals surface area contributed by atoms with Crippen LogP contribution in [0.5, 0.6) is 0 Å². The lowest BCUT2D eigenvalue weighted by molar-refractivity contribution is -0.114. The van der Waals surface area contributed by atoms with Crippen molar-refractivity contribution in [2.24, 2.45) is 0 Å². The first-order valence-corrected chi connectivity index (χ1v) is 10.2. The summed E-state index contributed by atoms with van der Waals surface area (Å²) in [4.78, 5) is 27.8. The Hall–Kier alpha value is -3.78. The van der Waals surface area contributed by atoms with E-state index in [4.69, 9.17) is 5.10 Å². The Bertz CT molecular complexity index is 1170. The number of rotatable bonds is 6. The molecule has 0 aliphatic rings. The molecule has 0 aliphatic heterocycles. The molecule has 0 radical (unpaired) electrons. The quantitative estimate of drug-likeness (QED) is 0.498. The lowest BCUT2D eigenvalue weighted by atomic mass is 10.1. The molecule has 0 spiro atoms. The first-order valence-electron chi connectivity index (χ1n) is 9.31. The summed E-state index contributed by atoms with van der Waals surface area (Å²) < 4.78 is 1.81. The first-order chi connectivity index (χ1) is 14.6. The predicted molar refractivity (Wildman–Crippen MR) is 117 cm³/mol. The second-order valence-electron chi connectivity index (χ2n) is 6.55. The highest BCUT2D eigenvalue weighted by Gasteiger charge is 2.15. The number of carbonyl (C=O) groups excluding carboxylic acids is 2. The van der Waals surface area contributed by atoms with Crippen LogP contribution in [0.4, 0.5) is 5.13 Å². The maximum absolute atomic E-state index is 12.5. The zero-order valence-corrected chi connectivity index (χ0v) is 17.0. The summed E-state index contributed by atoms with van der Waals surface area (Å²) in [7, 11) is 0. The molecule has 150 valence electrons. The summed E-state index contributed by atoms with van der Waals surface area (Å²) in [5.74, 6) is -0.536. The third-order valence-electron chi connectivity index (χ3n) is 4.32. The summed E-state index contributed by atoms with van der Waals surface area (Å²) in [6.07, 6.45) is 1.92. The Morgan fingerprint density at radius 2 is 1.73 bits per heavy atom. The van der Waals surface area contributed by atoms with Crippen molar-refractivity contribution < 1.29 is 9.59 Å². The van der Waals surface area contributed by atoms with E-state index in [1.54, 1.807) is 5.38 Å². The molecule has 2 heterocycles. The van der Waals surface area contributed by atoms with Crippen molar-refractivity contribution in [1.29, 1.82) is 0 Å². The van der Waals surface area contributed by atoms with Gasteiger partial charge in [-0.05, 0) is 12.1 Å². The van der Waals surface area contributed by atoms with Crippen molar-refractivity contribution in [3.63, 3.8) is 0 Å². The minimum atomic E-state index is -0.311. The van der Waals surface area contributed by atoms with E-state index in [-0.39, 0.29) is 17.5 Å². The van der Waals surface area contributed by atoms with Crippen molar-refractivity contribution in [3.05, 3.63) is 83.5 Å². The van der Waals surface area contributed by atoms with Gasteiger partial charge in [-0.1, -0.05) is 48.5 Å². The van der Waals surface area contributed by atoms with Crippen molar-refractivity contribution in [2.45, 2.75) is 13.5 Å². The van der Waals surface area contributed by atoms with Crippen LogP contribution in [0.2, 0.25) is 0 Å². The van der Waals surface area contributed by atoms with Crippen LogP contribution in [0.1, 0.15) is 23.0 Å². The fourth-order valence-corrected chi connectivity index (χ4v) is 3.68. The number of nitrogens with one attached hydrogen (secondary N) is 2. The van der Waals surface area contributed by atoms with E-state index in [2.05, 4.69) is 15.6 Å². The third-order valence-corrected chi connectivity index (χ3v) is 5.07. The van der Waals surface area contributed by atoms with Crippen molar-refractivity contribution in [1.82, 2.24) is 20.1 Å². The maximum Gasteiger partial charge on any atom is 0.271 e. The predicted octanol–water partition coefficient (Wildman–Crippen LogP) is 3.88. The van der Waals surface area contributed by atoms with Crippen LogP contribution in [0.25, 0.3) is 16.9 Å². The number of benzene rings is 2. The van der Waals surface area contributed by atoms with Crippen molar-refractivity contribution in [2.75, 3.05) is 5.32 Å². The monoisotopic (exact) mass is 417 g/mol. The van der Waals surface area contributed by atoms with Gasteiger partial charge in [0.25, 0.3) is 5.91 Å². The maximum atomic E-state index is 12.5. The van der Waals surface area contributed by atoms with Gasteiger partial charge in [0.05, 0.1) is 11.4 Å². The average Bonchev–Trinajstić information content (AvgIpc) is 3.40. The molecule has 2 amide bonds. The molecule has 0 bridgehead atoms. The molecule has 0 unspecified atom stereocenters. The van der Waals surface area contributed by atoms with Gasteiger partial charge in [0.15, 0.2) is 5.13 Å². The van der Waals surface area contributed by atoms with Gasteiger partial charge in [0.2, 0.25) is 5.91 Å². The number of aromatic nitrogens is 3. The molecule has 0 saturated carbocycles. The van der Waals surface area contributed by atoms with E-state index < -0.39 is 0 Å². The van der Waals surface area contributed by atoms with Gasteiger partial charge < -0.3 is 10.6 Å². The molecule has 8 heteroatoms. The number of amides is 2. The highest BCUT2D eigenvalue weighted by Crippen LogP contribution is 2.24. The van der Waals surface area contributed by atoms with E-state index in [0.29, 0.717) is 11.7 Å². The van der Waals surface area contributed by atoms with Crippen LogP contribution in [0.3, 0.4) is 0 Å². The third kappa shape index (κ3) is 4.44. The molecule has 4 aromatic rings. The smallest absolute Gasteiger partial charge is 0.271 e. The molecule has 0 aliphatic carbocycles. The minimum absolute atomic E-state index is 0.225. The Balaban J connectivity index is 1.57. The topological polar surface area (TPSA) is 88.9 Å². The van der Waals surface area contributed by atoms with Gasteiger partial charge in [0.1, 0.15) is 5.69 Å². The second-order valence-corrected chi connectivity index (χ2v) is 7.41. The molecular weight excluding hydrogens is 398 g/mol. The Labute approximate surface area is 177 Å². The van der Waals surface area contributed by atoms with Crippen LogP contribution in [-0.2, 0) is 11.3 Å². The minimum Gasteiger partial charge on any atom is -0.346 e. The molecule has 4 rings (SSSR count). The number of thiazole rings is 1. The van der Waals surface area contributed by atoms with Crippen LogP contribution in [-0.4, -0.2) is 26.6 Å². The SMILES string of the molecule is CC(=O)Nc1nc(C(=O)NCc2cn(-c3ccccc3)nc2-c2ccccc2)cs1. The molecule has 0 fully saturated rings. The largest absolute Gasteiger partial charge is 0.346 e. The summed E-state index contributed by atoms with van der Waals surface area (Å²) in [6, 6.07) is 19.7. The Morgan fingerprint density at radius 3 is 2.43 bits per heavy atom. The van der Waals surface area contributed by atoms with E-state index in [1.807, 2.05) is 71.5 Å². The molecular formula is C22H19N5O2S. The Morgan fingerprint density at radius 1 is 1.03 bits per heavy atom. The highest BCUT2D eigenvalue weighted by atomic mass is 32.1. The average molecular weight is 417 g/mol. The highest BCUT2D eigenvalue weighted by molar-refractivity contribution is 7.14. The standard InChI is InChI=1S/C22H19N5O2S/c1-15(28)24-22-25-19(14-30-22)21(29)23-12-17-13-27(18-10-6-3-7-11-18)26-20(17)16-8-4-2-5-9-16/h2-11,13-14H,12H2,1H3,(H,23,29)(H,24,25,28). The summed E-state index contributed by atoms with van der Waals surface area (Å²) in [5, 5.41) is 12.2. The number of para-hydroxylation sites is 1. The van der Waals surface area contributed by atoms with Crippen molar-refractivity contribution in [3.8, 4) is 16.9 Å². The van der Waals surface area contributed by atoms with Crippen LogP contribution >= 0.6 is 11.3 Å². The number of anilines is 1. The van der Waals surface area contributed by atoms with Crippen molar-refractivity contribution >= 4 is 28.3 Å². The Kier molecular flexibility index (Phi) is 5.67. The first kappa shape index (κ1) is 19.5.